The van der Waals surface area contributed by atoms with Crippen LogP contribution in [0.4, 0.5) is 13.2 Å². The van der Waals surface area contributed by atoms with E-state index in [4.69, 9.17) is 9.47 Å². The van der Waals surface area contributed by atoms with Gasteiger partial charge in [-0.25, -0.2) is 0 Å². The number of allylic oxidation sites excluding steroid dienone is 1. The third-order valence-electron chi connectivity index (χ3n) is 8.24. The van der Waals surface area contributed by atoms with Gasteiger partial charge in [0.2, 0.25) is 0 Å². The second-order valence-electron chi connectivity index (χ2n) is 10.7. The second kappa shape index (κ2) is 9.53. The van der Waals surface area contributed by atoms with Crippen molar-refractivity contribution in [3.8, 4) is 11.5 Å². The van der Waals surface area contributed by atoms with Crippen molar-refractivity contribution in [3.63, 3.8) is 0 Å². The molecule has 4 bridgehead atoms. The van der Waals surface area contributed by atoms with Gasteiger partial charge in [0, 0.05) is 5.56 Å². The van der Waals surface area contributed by atoms with Crippen molar-refractivity contribution in [2.75, 3.05) is 13.7 Å². The molecule has 0 aromatic heterocycles. The van der Waals surface area contributed by atoms with Gasteiger partial charge in [-0.15, -0.1) is 0 Å². The molecular formula is C29H33F3O3. The minimum atomic E-state index is -4.44. The average molecular weight is 487 g/mol. The number of alkyl halides is 3. The number of aryl methyl sites for hydroxylation is 1. The van der Waals surface area contributed by atoms with Crippen LogP contribution in [0.5, 0.6) is 11.5 Å². The highest BCUT2D eigenvalue weighted by atomic mass is 19.4. The van der Waals surface area contributed by atoms with E-state index in [1.54, 1.807) is 13.2 Å². The fourth-order valence-corrected chi connectivity index (χ4v) is 7.19. The summed E-state index contributed by atoms with van der Waals surface area (Å²) in [7, 11) is 1.75. The molecule has 6 heteroatoms. The molecule has 4 fully saturated rings. The van der Waals surface area contributed by atoms with Crippen LogP contribution in [0.1, 0.15) is 61.6 Å². The number of halogens is 3. The minimum absolute atomic E-state index is 0.0636. The van der Waals surface area contributed by atoms with Crippen LogP contribution in [0.3, 0.4) is 0 Å². The first-order chi connectivity index (χ1) is 16.8. The van der Waals surface area contributed by atoms with E-state index in [-0.39, 0.29) is 23.5 Å². The van der Waals surface area contributed by atoms with Gasteiger partial charge in [0.05, 0.1) is 12.7 Å². The number of hydrogen-bond acceptors (Lipinski definition) is 3. The first-order valence-electron chi connectivity index (χ1n) is 12.6. The summed E-state index contributed by atoms with van der Waals surface area (Å²) in [6.07, 6.45) is 6.64. The molecule has 3 nitrogen and oxygen atoms in total. The van der Waals surface area contributed by atoms with Crippen LogP contribution in [0.2, 0.25) is 0 Å². The first-order valence-corrected chi connectivity index (χ1v) is 12.6. The Morgan fingerprint density at radius 2 is 1.71 bits per heavy atom. The van der Waals surface area contributed by atoms with Crippen molar-refractivity contribution in [1.29, 1.82) is 0 Å². The Labute approximate surface area is 205 Å². The SMILES string of the molecule is COc1ccc(CC/C=C(/CO)Oc2cccc(C(F)(F)F)c2)cc1C12CC3CC(CC(C3)C1)C2. The molecule has 4 aliphatic rings. The Morgan fingerprint density at radius 3 is 2.31 bits per heavy atom. The van der Waals surface area contributed by atoms with Gasteiger partial charge in [0.25, 0.3) is 0 Å². The van der Waals surface area contributed by atoms with E-state index < -0.39 is 11.7 Å². The van der Waals surface area contributed by atoms with Crippen LogP contribution in [-0.4, -0.2) is 18.8 Å². The lowest BCUT2D eigenvalue weighted by Crippen LogP contribution is -2.48. The van der Waals surface area contributed by atoms with Gasteiger partial charge in [0.1, 0.15) is 23.9 Å². The molecule has 4 aliphatic carbocycles. The highest BCUT2D eigenvalue weighted by molar-refractivity contribution is 5.44. The molecule has 0 spiro atoms. The van der Waals surface area contributed by atoms with Crippen LogP contribution < -0.4 is 9.47 Å². The predicted molar refractivity (Wildman–Crippen MR) is 128 cm³/mol. The Morgan fingerprint density at radius 1 is 1.03 bits per heavy atom. The molecular weight excluding hydrogens is 453 g/mol. The highest BCUT2D eigenvalue weighted by Crippen LogP contribution is 2.62. The standard InChI is InChI=1S/C29H33F3O3/c1-34-27-9-8-19(13-26(27)28-15-20-10-21(16-28)12-22(11-20)17-28)4-2-7-25(18-33)35-24-6-3-5-23(14-24)29(30,31)32/h3,5-9,13-14,20-22,33H,2,4,10-12,15-18H2,1H3/b25-7-. The fourth-order valence-electron chi connectivity index (χ4n) is 7.19. The lowest BCUT2D eigenvalue weighted by molar-refractivity contribution is -0.137. The van der Waals surface area contributed by atoms with Crippen molar-refractivity contribution in [2.24, 2.45) is 17.8 Å². The highest BCUT2D eigenvalue weighted by Gasteiger charge is 2.52. The van der Waals surface area contributed by atoms with Gasteiger partial charge in [-0.1, -0.05) is 18.2 Å². The molecule has 2 aromatic carbocycles. The predicted octanol–water partition coefficient (Wildman–Crippen LogP) is 7.07. The summed E-state index contributed by atoms with van der Waals surface area (Å²) < 4.78 is 50.3. The maximum Gasteiger partial charge on any atom is 0.416 e. The van der Waals surface area contributed by atoms with Crippen molar-refractivity contribution < 1.29 is 27.8 Å². The average Bonchev–Trinajstić information content (AvgIpc) is 2.82. The van der Waals surface area contributed by atoms with Gasteiger partial charge >= 0.3 is 6.18 Å². The zero-order valence-electron chi connectivity index (χ0n) is 20.1. The maximum atomic E-state index is 13.0. The number of methoxy groups -OCH3 is 1. The molecule has 35 heavy (non-hydrogen) atoms. The third-order valence-corrected chi connectivity index (χ3v) is 8.24. The van der Waals surface area contributed by atoms with E-state index in [0.29, 0.717) is 6.42 Å². The Kier molecular flexibility index (Phi) is 6.60. The van der Waals surface area contributed by atoms with Gasteiger partial charge in [-0.05, 0) is 110 Å². The molecule has 188 valence electrons. The molecule has 0 aliphatic heterocycles. The topological polar surface area (TPSA) is 38.7 Å². The van der Waals surface area contributed by atoms with Crippen LogP contribution >= 0.6 is 0 Å². The number of ether oxygens (including phenoxy) is 2. The molecule has 0 amide bonds. The molecule has 6 rings (SSSR count). The first kappa shape index (κ1) is 24.2. The molecule has 0 unspecified atom stereocenters. The van der Waals surface area contributed by atoms with Crippen molar-refractivity contribution in [2.45, 2.75) is 63.0 Å². The summed E-state index contributed by atoms with van der Waals surface area (Å²) in [5, 5.41) is 9.69. The van der Waals surface area contributed by atoms with Gasteiger partial charge in [0.15, 0.2) is 0 Å². The summed E-state index contributed by atoms with van der Waals surface area (Å²) in [5.41, 5.74) is 2.00. The van der Waals surface area contributed by atoms with E-state index in [2.05, 4.69) is 18.2 Å². The molecule has 0 saturated heterocycles. The Bertz CT molecular complexity index is 1050. The van der Waals surface area contributed by atoms with E-state index in [1.165, 1.54) is 61.8 Å². The lowest BCUT2D eigenvalue weighted by atomic mass is 9.48. The van der Waals surface area contributed by atoms with Gasteiger partial charge in [-0.2, -0.15) is 13.2 Å². The van der Waals surface area contributed by atoms with Gasteiger partial charge in [-0.3, -0.25) is 0 Å². The summed E-state index contributed by atoms with van der Waals surface area (Å²) in [6.45, 7) is -0.378. The zero-order valence-corrected chi connectivity index (χ0v) is 20.1. The summed E-state index contributed by atoms with van der Waals surface area (Å²) >= 11 is 0. The largest absolute Gasteiger partial charge is 0.496 e. The zero-order chi connectivity index (χ0) is 24.6. The third kappa shape index (κ3) is 5.09. The van der Waals surface area contributed by atoms with Gasteiger partial charge < -0.3 is 14.6 Å². The second-order valence-corrected chi connectivity index (χ2v) is 10.7. The number of aliphatic hydroxyl groups excluding tert-OH is 1. The monoisotopic (exact) mass is 486 g/mol. The molecule has 0 atom stereocenters. The maximum absolute atomic E-state index is 13.0. The summed E-state index contributed by atoms with van der Waals surface area (Å²) in [5.74, 6) is 3.83. The Balaban J connectivity index is 1.29. The van der Waals surface area contributed by atoms with Crippen molar-refractivity contribution >= 4 is 0 Å². The van der Waals surface area contributed by atoms with Crippen LogP contribution in [-0.2, 0) is 18.0 Å². The molecule has 0 radical (unpaired) electrons. The van der Waals surface area contributed by atoms with E-state index in [0.717, 1.165) is 42.1 Å². The summed E-state index contributed by atoms with van der Waals surface area (Å²) in [4.78, 5) is 0. The summed E-state index contributed by atoms with van der Waals surface area (Å²) in [6, 6.07) is 11.2. The Hall–Kier alpha value is -2.47. The smallest absolute Gasteiger partial charge is 0.416 e. The number of benzene rings is 2. The van der Waals surface area contributed by atoms with Crippen LogP contribution in [0.25, 0.3) is 0 Å². The van der Waals surface area contributed by atoms with E-state index in [1.807, 2.05) is 0 Å². The van der Waals surface area contributed by atoms with Crippen LogP contribution in [0, 0.1) is 17.8 Å². The lowest BCUT2D eigenvalue weighted by Gasteiger charge is -2.57. The normalized spacial score (nSPS) is 27.8. The number of hydrogen-bond donors (Lipinski definition) is 1. The van der Waals surface area contributed by atoms with Crippen LogP contribution in [0.15, 0.2) is 54.3 Å². The number of aliphatic hydroxyl groups is 1. The van der Waals surface area contributed by atoms with Crippen molar-refractivity contribution in [3.05, 3.63) is 71.0 Å². The molecule has 4 saturated carbocycles. The number of rotatable bonds is 8. The van der Waals surface area contributed by atoms with Crippen molar-refractivity contribution in [1.82, 2.24) is 0 Å². The van der Waals surface area contributed by atoms with E-state index >= 15 is 0 Å². The fraction of sp³-hybridized carbons (Fsp3) is 0.517. The molecule has 2 aromatic rings. The quantitative estimate of drug-likeness (QED) is 0.406. The van der Waals surface area contributed by atoms with E-state index in [9.17, 15) is 18.3 Å². The minimum Gasteiger partial charge on any atom is -0.496 e. The molecule has 0 heterocycles. The molecule has 1 N–H and O–H groups in total.